The van der Waals surface area contributed by atoms with Crippen molar-refractivity contribution in [1.82, 2.24) is 14.2 Å². The molecule has 1 saturated heterocycles. The van der Waals surface area contributed by atoms with E-state index in [2.05, 4.69) is 55.3 Å². The third-order valence-electron chi connectivity index (χ3n) is 6.45. The summed E-state index contributed by atoms with van der Waals surface area (Å²) in [6.07, 6.45) is 2.17. The number of aromatic nitrogens is 2. The number of unbranched alkanes of at least 4 members (excludes halogenated alkanes) is 1. The number of ether oxygens (including phenoxy) is 1. The zero-order chi connectivity index (χ0) is 30.6. The van der Waals surface area contributed by atoms with Crippen LogP contribution in [0.3, 0.4) is 0 Å². The van der Waals surface area contributed by atoms with Crippen LogP contribution in [0.4, 0.5) is 0 Å². The van der Waals surface area contributed by atoms with Crippen molar-refractivity contribution in [3.8, 4) is 17.9 Å². The van der Waals surface area contributed by atoms with E-state index in [1.54, 1.807) is 13.1 Å². The zero-order valence-electron chi connectivity index (χ0n) is 25.1. The molecule has 0 spiro atoms. The molecule has 12 nitrogen and oxygen atoms in total. The third kappa shape index (κ3) is 10.5. The predicted molar refractivity (Wildman–Crippen MR) is 156 cm³/mol. The van der Waals surface area contributed by atoms with Crippen LogP contribution in [0.5, 0.6) is 0 Å². The maximum atomic E-state index is 12.9. The fourth-order valence-corrected chi connectivity index (χ4v) is 7.25. The number of nitrogens with zero attached hydrogens (tertiary/aromatic N) is 4. The second-order valence-electron chi connectivity index (χ2n) is 10.1. The number of rotatable bonds is 16. The predicted octanol–water partition coefficient (Wildman–Crippen LogP) is 4.50. The molecular formula is C27H44N4O8P2. The maximum Gasteiger partial charge on any atom is 0.349 e. The van der Waals surface area contributed by atoms with E-state index in [4.69, 9.17) is 28.1 Å². The number of aryl methyl sites for hydroxylation is 1. The number of hydrogen-bond acceptors (Lipinski definition) is 11. The van der Waals surface area contributed by atoms with Gasteiger partial charge in [0.1, 0.15) is 6.23 Å². The minimum absolute atomic E-state index is 0.112. The Balaban J connectivity index is 2.25. The molecule has 2 heterocycles. The van der Waals surface area contributed by atoms with Crippen molar-refractivity contribution in [3.63, 3.8) is 0 Å². The van der Waals surface area contributed by atoms with Crippen molar-refractivity contribution < 1.29 is 32.5 Å². The van der Waals surface area contributed by atoms with Gasteiger partial charge in [-0.3, -0.25) is 9.13 Å². The zero-order valence-corrected chi connectivity index (χ0v) is 26.9. The summed E-state index contributed by atoms with van der Waals surface area (Å²) in [4.78, 5) is 17.1. The topological polar surface area (TPSA) is 145 Å². The molecule has 1 aromatic heterocycles. The van der Waals surface area contributed by atoms with Crippen LogP contribution in [-0.4, -0.2) is 77.2 Å². The summed E-state index contributed by atoms with van der Waals surface area (Å²) >= 11 is 0. The van der Waals surface area contributed by atoms with Gasteiger partial charge in [0.05, 0.1) is 48.7 Å². The molecule has 230 valence electrons. The summed E-state index contributed by atoms with van der Waals surface area (Å²) in [5.74, 6) is 6.10. The Morgan fingerprint density at radius 3 is 2.54 bits per heavy atom. The molecule has 0 aliphatic carbocycles. The molecule has 4 unspecified atom stereocenters. The SMILES string of the molecule is COP(=O)(CCCC#Cc1cn(C2CC(OP(OCCC#N)N(C(C)C)C(C)C)C(CCO)O2)c(=O)nc1C)OC. The van der Waals surface area contributed by atoms with Gasteiger partial charge in [-0.25, -0.2) is 9.46 Å². The van der Waals surface area contributed by atoms with Crippen LogP contribution >= 0.6 is 16.1 Å². The van der Waals surface area contributed by atoms with Crippen molar-refractivity contribution in [1.29, 1.82) is 5.26 Å². The van der Waals surface area contributed by atoms with Gasteiger partial charge < -0.3 is 27.9 Å². The lowest BCUT2D eigenvalue weighted by Gasteiger charge is -2.37. The molecule has 1 aliphatic heterocycles. The molecule has 0 saturated carbocycles. The number of aliphatic hydroxyl groups is 1. The van der Waals surface area contributed by atoms with Gasteiger partial charge in [-0.05, 0) is 47.5 Å². The Kier molecular flexibility index (Phi) is 15.1. The lowest BCUT2D eigenvalue weighted by atomic mass is 10.1. The molecule has 41 heavy (non-hydrogen) atoms. The summed E-state index contributed by atoms with van der Waals surface area (Å²) in [6.45, 7) is 10.1. The first-order valence-corrected chi connectivity index (χ1v) is 16.7. The first-order valence-electron chi connectivity index (χ1n) is 13.8. The minimum atomic E-state index is -3.08. The van der Waals surface area contributed by atoms with Crippen LogP contribution in [-0.2, 0) is 27.4 Å². The Hall–Kier alpha value is -1.69. The van der Waals surface area contributed by atoms with Gasteiger partial charge in [0.25, 0.3) is 8.53 Å². The molecule has 0 bridgehead atoms. The molecule has 1 aromatic rings. The highest BCUT2D eigenvalue weighted by molar-refractivity contribution is 7.53. The standard InChI is InChI=1S/C27H44N4O8P2/c1-20(2)31(21(3)4)40(37-16-11-14-28)39-25-18-26(38-24(25)13-15-32)30-19-23(22(5)29-27(30)33)12-9-8-10-17-41(34,35-6)36-7/h19-21,24-26,32H,8,10-11,13,15-18H2,1-7H3. The summed E-state index contributed by atoms with van der Waals surface area (Å²) in [6, 6.07) is 2.34. The van der Waals surface area contributed by atoms with E-state index in [1.807, 2.05) is 0 Å². The number of aliphatic hydroxyl groups excluding tert-OH is 1. The van der Waals surface area contributed by atoms with Gasteiger partial charge in [-0.15, -0.1) is 0 Å². The van der Waals surface area contributed by atoms with E-state index in [0.717, 1.165) is 0 Å². The summed E-state index contributed by atoms with van der Waals surface area (Å²) in [5, 5.41) is 18.7. The first-order chi connectivity index (χ1) is 19.5. The molecule has 1 N–H and O–H groups in total. The Morgan fingerprint density at radius 2 is 1.95 bits per heavy atom. The van der Waals surface area contributed by atoms with Crippen molar-refractivity contribution in [3.05, 3.63) is 27.9 Å². The number of nitriles is 1. The van der Waals surface area contributed by atoms with E-state index in [-0.39, 0.29) is 37.9 Å². The van der Waals surface area contributed by atoms with Gasteiger partial charge in [0, 0.05) is 51.9 Å². The van der Waals surface area contributed by atoms with E-state index in [9.17, 15) is 14.5 Å². The van der Waals surface area contributed by atoms with Crippen LogP contribution in [0.1, 0.15) is 77.3 Å². The van der Waals surface area contributed by atoms with E-state index < -0.39 is 40.2 Å². The van der Waals surface area contributed by atoms with Gasteiger partial charge in [0.2, 0.25) is 0 Å². The smallest absolute Gasteiger partial charge is 0.349 e. The van der Waals surface area contributed by atoms with E-state index in [0.29, 0.717) is 36.9 Å². The van der Waals surface area contributed by atoms with Crippen LogP contribution in [0.25, 0.3) is 0 Å². The monoisotopic (exact) mass is 614 g/mol. The van der Waals surface area contributed by atoms with Gasteiger partial charge in [-0.2, -0.15) is 10.2 Å². The molecular weight excluding hydrogens is 570 g/mol. The summed E-state index contributed by atoms with van der Waals surface area (Å²) in [7, 11) is -1.91. The average Bonchev–Trinajstić information content (AvgIpc) is 3.31. The van der Waals surface area contributed by atoms with Gasteiger partial charge in [0.15, 0.2) is 0 Å². The van der Waals surface area contributed by atoms with Gasteiger partial charge in [-0.1, -0.05) is 11.8 Å². The Labute approximate surface area is 244 Å². The van der Waals surface area contributed by atoms with Crippen LogP contribution < -0.4 is 5.69 Å². The highest BCUT2D eigenvalue weighted by Gasteiger charge is 2.41. The van der Waals surface area contributed by atoms with Crippen molar-refractivity contribution >= 4 is 16.1 Å². The third-order valence-corrected chi connectivity index (χ3v) is 10.6. The van der Waals surface area contributed by atoms with E-state index >= 15 is 0 Å². The summed E-state index contributed by atoms with van der Waals surface area (Å²) in [5.41, 5.74) is 0.599. The van der Waals surface area contributed by atoms with Crippen LogP contribution in [0.2, 0.25) is 0 Å². The Bertz CT molecular complexity index is 1160. The normalized spacial score (nSPS) is 19.9. The highest BCUT2D eigenvalue weighted by atomic mass is 31.2. The van der Waals surface area contributed by atoms with Crippen molar-refractivity contribution in [2.75, 3.05) is 33.6 Å². The molecule has 1 fully saturated rings. The second-order valence-corrected chi connectivity index (χ2v) is 13.9. The maximum absolute atomic E-state index is 12.9. The van der Waals surface area contributed by atoms with Crippen molar-refractivity contribution in [2.45, 2.75) is 97.2 Å². The number of hydrogen-bond donors (Lipinski definition) is 1. The quantitative estimate of drug-likeness (QED) is 0.160. The lowest BCUT2D eigenvalue weighted by molar-refractivity contribution is -0.0289. The molecule has 0 amide bonds. The first kappa shape index (κ1) is 35.5. The minimum Gasteiger partial charge on any atom is -0.396 e. The largest absolute Gasteiger partial charge is 0.396 e. The Morgan fingerprint density at radius 1 is 1.27 bits per heavy atom. The molecule has 0 radical (unpaired) electrons. The second kappa shape index (κ2) is 17.4. The fraction of sp³-hybridized carbons (Fsp3) is 0.741. The van der Waals surface area contributed by atoms with Crippen LogP contribution in [0.15, 0.2) is 11.0 Å². The molecule has 14 heteroatoms. The van der Waals surface area contributed by atoms with Gasteiger partial charge >= 0.3 is 13.3 Å². The van der Waals surface area contributed by atoms with Crippen molar-refractivity contribution in [2.24, 2.45) is 0 Å². The average molecular weight is 615 g/mol. The van der Waals surface area contributed by atoms with Crippen LogP contribution in [0, 0.1) is 30.1 Å². The highest BCUT2D eigenvalue weighted by Crippen LogP contribution is 2.50. The fourth-order valence-electron chi connectivity index (χ4n) is 4.43. The molecule has 0 aromatic carbocycles. The van der Waals surface area contributed by atoms with E-state index in [1.165, 1.54) is 18.8 Å². The molecule has 2 rings (SSSR count). The summed E-state index contributed by atoms with van der Waals surface area (Å²) < 4.78 is 44.4. The lowest BCUT2D eigenvalue weighted by Crippen LogP contribution is -2.36. The molecule has 4 atom stereocenters. The molecule has 1 aliphatic rings.